The molecule has 7 heteroatoms. The summed E-state index contributed by atoms with van der Waals surface area (Å²) in [6, 6.07) is 0.784. The molecule has 0 saturated carbocycles. The Balaban J connectivity index is 3.24. The van der Waals surface area contributed by atoms with E-state index in [1.54, 1.807) is 0 Å². The molecule has 1 rings (SSSR count). The molecule has 0 aliphatic carbocycles. The Morgan fingerprint density at radius 2 is 2.06 bits per heavy atom. The number of phenols is 1. The van der Waals surface area contributed by atoms with Gasteiger partial charge in [0.15, 0.2) is 23.4 Å². The van der Waals surface area contributed by atoms with Gasteiger partial charge < -0.3 is 19.7 Å². The largest absolute Gasteiger partial charge is 0.503 e. The highest BCUT2D eigenvalue weighted by Crippen LogP contribution is 2.34. The van der Waals surface area contributed by atoms with Gasteiger partial charge >= 0.3 is 5.97 Å². The number of carbonyl (C=O) groups excluding carboxylic acids is 1. The first kappa shape index (κ1) is 14.2. The number of benzene rings is 1. The molecule has 0 bridgehead atoms. The number of aromatic hydroxyl groups is 1. The quantitative estimate of drug-likeness (QED) is 0.799. The molecule has 1 unspecified atom stereocenters. The van der Waals surface area contributed by atoms with Crippen molar-refractivity contribution in [1.82, 2.24) is 0 Å². The highest BCUT2D eigenvalue weighted by Gasteiger charge is 2.27. The van der Waals surface area contributed by atoms with Crippen molar-refractivity contribution in [1.29, 1.82) is 0 Å². The first-order valence-corrected chi connectivity index (χ1v) is 5.03. The minimum absolute atomic E-state index is 0.0121. The average Bonchev–Trinajstić information content (AvgIpc) is 2.36. The zero-order valence-electron chi connectivity index (χ0n) is 9.74. The van der Waals surface area contributed by atoms with Gasteiger partial charge in [-0.15, -0.1) is 0 Å². The van der Waals surface area contributed by atoms with Crippen molar-refractivity contribution in [3.63, 3.8) is 0 Å². The second-order valence-electron chi connectivity index (χ2n) is 3.30. The highest BCUT2D eigenvalue weighted by molar-refractivity contribution is 5.76. The predicted octanol–water partition coefficient (Wildman–Crippen LogP) is 1.28. The molecule has 1 aromatic rings. The lowest BCUT2D eigenvalue weighted by Crippen LogP contribution is -2.17. The van der Waals surface area contributed by atoms with Crippen LogP contribution in [-0.4, -0.2) is 29.9 Å². The summed E-state index contributed by atoms with van der Waals surface area (Å²) in [5.74, 6) is -5.67. The second-order valence-corrected chi connectivity index (χ2v) is 3.30. The van der Waals surface area contributed by atoms with Crippen molar-refractivity contribution in [2.24, 2.45) is 0 Å². The molecule has 100 valence electrons. The van der Waals surface area contributed by atoms with E-state index in [4.69, 9.17) is 5.11 Å². The van der Waals surface area contributed by atoms with Gasteiger partial charge in [-0.25, -0.2) is 9.18 Å². The van der Waals surface area contributed by atoms with Crippen LogP contribution in [0.5, 0.6) is 11.5 Å². The van der Waals surface area contributed by atoms with E-state index in [2.05, 4.69) is 9.47 Å². The lowest BCUT2D eigenvalue weighted by atomic mass is 10.1. The molecule has 0 amide bonds. The van der Waals surface area contributed by atoms with Crippen molar-refractivity contribution in [3.05, 3.63) is 23.3 Å². The third-order valence-corrected chi connectivity index (χ3v) is 2.20. The number of halogens is 2. The van der Waals surface area contributed by atoms with Crippen LogP contribution < -0.4 is 4.74 Å². The Bertz CT molecular complexity index is 461. The zero-order chi connectivity index (χ0) is 13.9. The number of rotatable bonds is 4. The van der Waals surface area contributed by atoms with Crippen LogP contribution in [0.1, 0.15) is 18.6 Å². The number of aliphatic hydroxyl groups excluding tert-OH is 1. The van der Waals surface area contributed by atoms with Gasteiger partial charge in [0, 0.05) is 5.56 Å². The summed E-state index contributed by atoms with van der Waals surface area (Å²) in [5, 5.41) is 18.7. The average molecular weight is 262 g/mol. The van der Waals surface area contributed by atoms with Crippen molar-refractivity contribution < 1.29 is 33.3 Å². The monoisotopic (exact) mass is 262 g/mol. The molecule has 5 nitrogen and oxygen atoms in total. The van der Waals surface area contributed by atoms with Crippen LogP contribution in [0.15, 0.2) is 6.07 Å². The number of carbonyl (C=O) groups is 1. The fourth-order valence-corrected chi connectivity index (χ4v) is 1.31. The van der Waals surface area contributed by atoms with Gasteiger partial charge in [-0.2, -0.15) is 4.39 Å². The van der Waals surface area contributed by atoms with E-state index in [9.17, 15) is 18.7 Å². The van der Waals surface area contributed by atoms with Crippen LogP contribution >= 0.6 is 0 Å². The van der Waals surface area contributed by atoms with E-state index < -0.39 is 40.8 Å². The summed E-state index contributed by atoms with van der Waals surface area (Å²) < 4.78 is 35.8. The molecule has 2 N–H and O–H groups in total. The highest BCUT2D eigenvalue weighted by atomic mass is 19.1. The lowest BCUT2D eigenvalue weighted by molar-refractivity contribution is -0.153. The summed E-state index contributed by atoms with van der Waals surface area (Å²) in [6.07, 6.45) is -1.97. The van der Waals surface area contributed by atoms with Crippen molar-refractivity contribution in [2.75, 3.05) is 13.7 Å². The van der Waals surface area contributed by atoms with Crippen LogP contribution in [0.2, 0.25) is 0 Å². The number of ether oxygens (including phenoxy) is 2. The number of hydrogen-bond donors (Lipinski definition) is 2. The fraction of sp³-hybridized carbons (Fsp3) is 0.364. The van der Waals surface area contributed by atoms with E-state index >= 15 is 0 Å². The van der Waals surface area contributed by atoms with Crippen LogP contribution in [0.3, 0.4) is 0 Å². The fourth-order valence-electron chi connectivity index (χ4n) is 1.31. The first-order valence-electron chi connectivity index (χ1n) is 5.03. The molecule has 0 aliphatic heterocycles. The van der Waals surface area contributed by atoms with Gasteiger partial charge in [0.25, 0.3) is 0 Å². The molecule has 0 fully saturated rings. The maximum absolute atomic E-state index is 13.5. The Kier molecular flexibility index (Phi) is 4.43. The molecule has 1 aromatic carbocycles. The van der Waals surface area contributed by atoms with Crippen LogP contribution in [0.25, 0.3) is 0 Å². The van der Waals surface area contributed by atoms with Gasteiger partial charge in [-0.3, -0.25) is 0 Å². The summed E-state index contributed by atoms with van der Waals surface area (Å²) in [7, 11) is 1.09. The van der Waals surface area contributed by atoms with E-state index in [-0.39, 0.29) is 6.61 Å². The molecule has 0 spiro atoms. The van der Waals surface area contributed by atoms with Gasteiger partial charge in [-0.1, -0.05) is 0 Å². The molecule has 0 aromatic heterocycles. The predicted molar refractivity (Wildman–Crippen MR) is 56.2 cm³/mol. The van der Waals surface area contributed by atoms with Crippen LogP contribution in [0, 0.1) is 11.6 Å². The standard InChI is InChI=1S/C11H12F2O5/c1-3-18-11(16)9(14)5-4-6(17-2)8(13)10(15)7(5)12/h4,9,14-15H,3H2,1-2H3. The van der Waals surface area contributed by atoms with Gasteiger partial charge in [-0.05, 0) is 13.0 Å². The number of methoxy groups -OCH3 is 1. The van der Waals surface area contributed by atoms with E-state index in [0.717, 1.165) is 13.2 Å². The van der Waals surface area contributed by atoms with E-state index in [0.29, 0.717) is 0 Å². The Morgan fingerprint density at radius 3 is 2.56 bits per heavy atom. The molecule has 0 heterocycles. The Labute approximate surface area is 102 Å². The van der Waals surface area contributed by atoms with Crippen molar-refractivity contribution in [2.45, 2.75) is 13.0 Å². The van der Waals surface area contributed by atoms with Gasteiger partial charge in [0.05, 0.1) is 13.7 Å². The number of aliphatic hydroxyl groups is 1. The van der Waals surface area contributed by atoms with Crippen molar-refractivity contribution in [3.8, 4) is 11.5 Å². The number of hydrogen-bond acceptors (Lipinski definition) is 5. The third kappa shape index (κ3) is 2.51. The topological polar surface area (TPSA) is 76.0 Å². The molecule has 0 aliphatic rings. The minimum Gasteiger partial charge on any atom is -0.503 e. The molecular weight excluding hydrogens is 250 g/mol. The normalized spacial score (nSPS) is 12.1. The van der Waals surface area contributed by atoms with Crippen LogP contribution in [-0.2, 0) is 9.53 Å². The van der Waals surface area contributed by atoms with Crippen LogP contribution in [0.4, 0.5) is 8.78 Å². The van der Waals surface area contributed by atoms with E-state index in [1.807, 2.05) is 0 Å². The summed E-state index contributed by atoms with van der Waals surface area (Å²) in [5.41, 5.74) is -0.621. The first-order chi connectivity index (χ1) is 8.43. The molecule has 0 radical (unpaired) electrons. The number of phenolic OH excluding ortho intramolecular Hbond substituents is 1. The Morgan fingerprint density at radius 1 is 1.44 bits per heavy atom. The maximum atomic E-state index is 13.5. The molecule has 0 saturated heterocycles. The Hall–Kier alpha value is -1.89. The summed E-state index contributed by atoms with van der Waals surface area (Å²) >= 11 is 0. The number of esters is 1. The molecule has 18 heavy (non-hydrogen) atoms. The SMILES string of the molecule is CCOC(=O)C(O)c1cc(OC)c(F)c(O)c1F. The zero-order valence-corrected chi connectivity index (χ0v) is 9.74. The van der Waals surface area contributed by atoms with E-state index in [1.165, 1.54) is 6.92 Å². The smallest absolute Gasteiger partial charge is 0.339 e. The molecule has 1 atom stereocenters. The minimum atomic E-state index is -1.97. The van der Waals surface area contributed by atoms with Gasteiger partial charge in [0.1, 0.15) is 0 Å². The summed E-state index contributed by atoms with van der Waals surface area (Å²) in [4.78, 5) is 11.2. The molecular formula is C11H12F2O5. The van der Waals surface area contributed by atoms with Gasteiger partial charge in [0.2, 0.25) is 5.82 Å². The maximum Gasteiger partial charge on any atom is 0.339 e. The lowest BCUT2D eigenvalue weighted by Gasteiger charge is -2.13. The van der Waals surface area contributed by atoms with Crippen molar-refractivity contribution >= 4 is 5.97 Å². The third-order valence-electron chi connectivity index (χ3n) is 2.20. The second kappa shape index (κ2) is 5.63. The summed E-state index contributed by atoms with van der Waals surface area (Å²) in [6.45, 7) is 1.49.